The number of rotatable bonds is 0. The largest absolute Gasteiger partial charge is 0.287 e. The van der Waals surface area contributed by atoms with Crippen LogP contribution in [0.2, 0.25) is 0 Å². The second-order valence-electron chi connectivity index (χ2n) is 2.31. The highest BCUT2D eigenvalue weighted by atomic mass is 31.1. The third kappa shape index (κ3) is 1.49. The Morgan fingerprint density at radius 1 is 1.00 bits per heavy atom. The standard InChI is InChI=1S/C9H7O2P/c1-2-6-9-8(4-1)5-3-7-12-11-10-9/h1-7H. The first-order valence-corrected chi connectivity index (χ1v) is 4.48. The predicted octanol–water partition coefficient (Wildman–Crippen LogP) is 3.73. The lowest BCUT2D eigenvalue weighted by atomic mass is 10.2. The molecule has 0 aliphatic carbocycles. The van der Waals surface area contributed by atoms with Crippen molar-refractivity contribution in [1.82, 2.24) is 0 Å². The van der Waals surface area contributed by atoms with E-state index in [1.54, 1.807) is 0 Å². The van der Waals surface area contributed by atoms with E-state index in [1.807, 2.05) is 42.2 Å². The maximum absolute atomic E-state index is 5.03. The maximum atomic E-state index is 5.03. The molecule has 3 heteroatoms. The van der Waals surface area contributed by atoms with E-state index >= 15 is 0 Å². The summed E-state index contributed by atoms with van der Waals surface area (Å²) in [5.74, 6) is 1.87. The molecule has 1 heterocycles. The second-order valence-corrected chi connectivity index (χ2v) is 2.97. The van der Waals surface area contributed by atoms with E-state index in [0.717, 1.165) is 11.0 Å². The first-order chi connectivity index (χ1) is 5.97. The van der Waals surface area contributed by atoms with Crippen LogP contribution < -0.4 is 0 Å². The number of fused-ring (bicyclic) bond motifs is 1. The van der Waals surface area contributed by atoms with Crippen molar-refractivity contribution in [2.24, 2.45) is 0 Å². The second kappa shape index (κ2) is 3.42. The molecule has 2 rings (SSSR count). The minimum Gasteiger partial charge on any atom is -0.287 e. The molecular formula is C9H7O2P. The molecule has 1 aromatic carbocycles. The van der Waals surface area contributed by atoms with Gasteiger partial charge in [0.05, 0.1) is 0 Å². The van der Waals surface area contributed by atoms with Crippen LogP contribution >= 0.6 is 8.43 Å². The highest BCUT2D eigenvalue weighted by Gasteiger charge is 1.88. The van der Waals surface area contributed by atoms with Crippen molar-refractivity contribution in [3.63, 3.8) is 0 Å². The van der Waals surface area contributed by atoms with Gasteiger partial charge in [0, 0.05) is 11.2 Å². The molecule has 0 aliphatic rings. The highest BCUT2D eigenvalue weighted by Crippen LogP contribution is 2.12. The predicted molar refractivity (Wildman–Crippen MR) is 48.6 cm³/mol. The van der Waals surface area contributed by atoms with Crippen LogP contribution in [-0.2, 0) is 0 Å². The topological polar surface area (TPSA) is 26.3 Å². The summed E-state index contributed by atoms with van der Waals surface area (Å²) in [6, 6.07) is 11.7. The summed E-state index contributed by atoms with van der Waals surface area (Å²) in [4.78, 5) is 0. The van der Waals surface area contributed by atoms with Gasteiger partial charge in [-0.2, -0.15) is 0 Å². The molecule has 0 N–H and O–H groups in total. The molecule has 60 valence electrons. The summed E-state index contributed by atoms with van der Waals surface area (Å²) in [5, 5.41) is 1.03. The maximum Gasteiger partial charge on any atom is 0.186 e. The average molecular weight is 178 g/mol. The number of para-hydroxylation sites is 1. The Morgan fingerprint density at radius 3 is 2.83 bits per heavy atom. The highest BCUT2D eigenvalue weighted by molar-refractivity contribution is 7.21. The third-order valence-electron chi connectivity index (χ3n) is 1.51. The molecule has 0 radical (unpaired) electrons. The van der Waals surface area contributed by atoms with Gasteiger partial charge >= 0.3 is 0 Å². The van der Waals surface area contributed by atoms with Crippen LogP contribution in [0.15, 0.2) is 51.1 Å². The van der Waals surface area contributed by atoms with Crippen molar-refractivity contribution in [1.29, 1.82) is 0 Å². The molecule has 12 heavy (non-hydrogen) atoms. The van der Waals surface area contributed by atoms with Crippen LogP contribution in [0, 0.1) is 0 Å². The van der Waals surface area contributed by atoms with Crippen molar-refractivity contribution >= 4 is 19.4 Å². The number of hydrogen-bond donors (Lipinski definition) is 0. The first-order valence-electron chi connectivity index (χ1n) is 3.59. The molecule has 2 aromatic rings. The summed E-state index contributed by atoms with van der Waals surface area (Å²) < 4.78 is 9.90. The number of hydrogen-bond acceptors (Lipinski definition) is 2. The Labute approximate surface area is 71.3 Å². The summed E-state index contributed by atoms with van der Waals surface area (Å²) in [7, 11) is 0.713. The van der Waals surface area contributed by atoms with Crippen LogP contribution in [0.25, 0.3) is 11.0 Å². The molecule has 0 aliphatic heterocycles. The minimum absolute atomic E-state index is 0.713. The molecule has 0 atom stereocenters. The van der Waals surface area contributed by atoms with E-state index in [2.05, 4.69) is 0 Å². The molecule has 1 aromatic heterocycles. The van der Waals surface area contributed by atoms with Gasteiger partial charge in [-0.05, 0) is 6.07 Å². The number of benzene rings is 1. The molecule has 0 spiro atoms. The molecule has 2 nitrogen and oxygen atoms in total. The Hall–Kier alpha value is -1.27. The van der Waals surface area contributed by atoms with E-state index in [0.29, 0.717) is 8.43 Å². The van der Waals surface area contributed by atoms with Crippen molar-refractivity contribution in [3.8, 4) is 0 Å². The van der Waals surface area contributed by atoms with E-state index < -0.39 is 0 Å². The van der Waals surface area contributed by atoms with Gasteiger partial charge in [-0.25, -0.2) is 0 Å². The monoisotopic (exact) mass is 178 g/mol. The zero-order chi connectivity index (χ0) is 8.23. The van der Waals surface area contributed by atoms with Crippen molar-refractivity contribution in [2.75, 3.05) is 0 Å². The SMILES string of the molecule is c1ccc2oopcccc2c1. The van der Waals surface area contributed by atoms with E-state index in [1.165, 1.54) is 0 Å². The molecule has 0 bridgehead atoms. The van der Waals surface area contributed by atoms with Crippen LogP contribution in [0.5, 0.6) is 0 Å². The fourth-order valence-electron chi connectivity index (χ4n) is 0.962. The smallest absolute Gasteiger partial charge is 0.186 e. The van der Waals surface area contributed by atoms with Crippen LogP contribution in [0.4, 0.5) is 0 Å². The van der Waals surface area contributed by atoms with Crippen LogP contribution in [-0.4, -0.2) is 0 Å². The molecule has 0 saturated heterocycles. The van der Waals surface area contributed by atoms with Gasteiger partial charge < -0.3 is 0 Å². The van der Waals surface area contributed by atoms with Crippen LogP contribution in [0.3, 0.4) is 0 Å². The van der Waals surface area contributed by atoms with Gasteiger partial charge in [0.1, 0.15) is 0 Å². The Kier molecular flexibility index (Phi) is 2.10. The normalized spacial score (nSPS) is 10.3. The molecule has 0 saturated carbocycles. The summed E-state index contributed by atoms with van der Waals surface area (Å²) >= 11 is 0. The minimum atomic E-state index is 0.713. The lowest BCUT2D eigenvalue weighted by Crippen LogP contribution is -1.64. The Morgan fingerprint density at radius 2 is 1.83 bits per heavy atom. The van der Waals surface area contributed by atoms with Crippen molar-refractivity contribution in [3.05, 3.63) is 42.2 Å². The van der Waals surface area contributed by atoms with E-state index in [4.69, 9.17) is 8.93 Å². The average Bonchev–Trinajstić information content (AvgIpc) is 2.06. The van der Waals surface area contributed by atoms with E-state index in [9.17, 15) is 0 Å². The molecular weight excluding hydrogens is 171 g/mol. The molecule has 0 fully saturated rings. The van der Waals surface area contributed by atoms with Gasteiger partial charge in [-0.1, -0.05) is 30.3 Å². The van der Waals surface area contributed by atoms with Gasteiger partial charge in [-0.15, -0.1) is 0 Å². The Bertz CT molecular complexity index is 374. The fourth-order valence-corrected chi connectivity index (χ4v) is 1.29. The quantitative estimate of drug-likeness (QED) is 0.574. The molecule has 0 unspecified atom stereocenters. The fraction of sp³-hybridized carbons (Fsp3) is 0. The summed E-state index contributed by atoms with van der Waals surface area (Å²) in [6.45, 7) is 0. The lowest BCUT2D eigenvalue weighted by molar-refractivity contribution is 0.125. The first kappa shape index (κ1) is 7.38. The van der Waals surface area contributed by atoms with Crippen LogP contribution in [0.1, 0.15) is 0 Å². The van der Waals surface area contributed by atoms with Crippen molar-refractivity contribution in [2.45, 2.75) is 0 Å². The summed E-state index contributed by atoms with van der Waals surface area (Å²) in [5.41, 5.74) is 0.759. The van der Waals surface area contributed by atoms with Gasteiger partial charge in [0.25, 0.3) is 0 Å². The molecule has 0 amide bonds. The third-order valence-corrected chi connectivity index (χ3v) is 1.97. The Balaban J connectivity index is 2.83. The summed E-state index contributed by atoms with van der Waals surface area (Å²) in [6.07, 6.45) is 0. The van der Waals surface area contributed by atoms with E-state index in [-0.39, 0.29) is 0 Å². The van der Waals surface area contributed by atoms with Crippen molar-refractivity contribution < 1.29 is 8.93 Å². The zero-order valence-electron chi connectivity index (χ0n) is 6.31. The zero-order valence-corrected chi connectivity index (χ0v) is 7.20. The van der Waals surface area contributed by atoms with Gasteiger partial charge in [0.15, 0.2) is 14.0 Å². The van der Waals surface area contributed by atoms with Gasteiger partial charge in [0.2, 0.25) is 0 Å². The lowest BCUT2D eigenvalue weighted by Gasteiger charge is -1.88. The van der Waals surface area contributed by atoms with Gasteiger partial charge in [-0.3, -0.25) is 8.93 Å².